The number of nitrogens with zero attached hydrogens (tertiary/aromatic N) is 3. The van der Waals surface area contributed by atoms with E-state index in [9.17, 15) is 9.59 Å². The number of hydrogen-bond acceptors (Lipinski definition) is 6. The van der Waals surface area contributed by atoms with Gasteiger partial charge < -0.3 is 26.8 Å². The number of rotatable bonds is 6. The molecule has 1 saturated heterocycles. The molecule has 1 aromatic heterocycles. The van der Waals surface area contributed by atoms with E-state index in [1.807, 2.05) is 30.9 Å². The smallest absolute Gasteiger partial charge is 0.553 e. The average Bonchev–Trinajstić information content (AvgIpc) is 2.80. The van der Waals surface area contributed by atoms with Crippen LogP contribution in [0.1, 0.15) is 18.1 Å². The molecule has 184 valence electrons. The number of aromatic nitrogens is 2. The van der Waals surface area contributed by atoms with Gasteiger partial charge in [0.05, 0.1) is 7.11 Å². The number of piperazine rings is 1. The van der Waals surface area contributed by atoms with Crippen LogP contribution in [0.3, 0.4) is 0 Å². The summed E-state index contributed by atoms with van der Waals surface area (Å²) in [6.07, 6.45) is 0. The molecule has 8 nitrogen and oxygen atoms in total. The Labute approximate surface area is 230 Å². The summed E-state index contributed by atoms with van der Waals surface area (Å²) >= 11 is 0. The van der Waals surface area contributed by atoms with E-state index in [4.69, 9.17) is 9.47 Å². The second kappa shape index (κ2) is 12.6. The maximum absolute atomic E-state index is 12.7. The van der Waals surface area contributed by atoms with Crippen molar-refractivity contribution >= 4 is 16.8 Å². The standard InChI is InChI=1S/C25H29N4O4.CH3.U/c1-16-14-19(24-26-20-6-5-7-21(32-4)22(20)25(31)27-24)15-17(2)23(16)33-13-12-28-8-10-29(11-9-28)18(3)30;;/h6-7,14-15H,8-13H2,1-4H3,(H,26,27,31);1H3;/q2*-1;+2. The summed E-state index contributed by atoms with van der Waals surface area (Å²) in [5.41, 5.74) is 3.06. The Bertz CT molecular complexity index is 1210. The van der Waals surface area contributed by atoms with E-state index in [2.05, 4.69) is 20.9 Å². The van der Waals surface area contributed by atoms with Crippen LogP contribution in [0.25, 0.3) is 22.3 Å². The van der Waals surface area contributed by atoms with Crippen LogP contribution in [0.4, 0.5) is 0 Å². The Hall–Kier alpha value is -2.34. The van der Waals surface area contributed by atoms with Crippen LogP contribution in [0.2, 0.25) is 0 Å². The van der Waals surface area contributed by atoms with Crippen molar-refractivity contribution in [2.45, 2.75) is 20.8 Å². The monoisotopic (exact) mass is 702 g/mol. The second-order valence-electron chi connectivity index (χ2n) is 8.33. The van der Waals surface area contributed by atoms with E-state index >= 15 is 0 Å². The average molecular weight is 703 g/mol. The molecule has 0 unspecified atom stereocenters. The topological polar surface area (TPSA) is 87.8 Å². The molecule has 0 spiro atoms. The van der Waals surface area contributed by atoms with Gasteiger partial charge in [-0.05, 0) is 48.0 Å². The predicted octanol–water partition coefficient (Wildman–Crippen LogP) is 3.01. The van der Waals surface area contributed by atoms with E-state index in [0.717, 1.165) is 55.2 Å². The zero-order chi connectivity index (χ0) is 23.5. The number of methoxy groups -OCH3 is 1. The van der Waals surface area contributed by atoms with E-state index in [0.29, 0.717) is 29.1 Å². The van der Waals surface area contributed by atoms with Crippen molar-refractivity contribution in [2.75, 3.05) is 46.4 Å². The summed E-state index contributed by atoms with van der Waals surface area (Å²) in [4.78, 5) is 35.9. The fourth-order valence-corrected chi connectivity index (χ4v) is 4.28. The van der Waals surface area contributed by atoms with Crippen LogP contribution < -0.4 is 15.0 Å². The molecule has 1 aliphatic heterocycles. The largest absolute Gasteiger partial charge is 2.00 e. The fourth-order valence-electron chi connectivity index (χ4n) is 4.28. The van der Waals surface area contributed by atoms with Crippen LogP contribution >= 0.6 is 0 Å². The quantitative estimate of drug-likeness (QED) is 0.398. The summed E-state index contributed by atoms with van der Waals surface area (Å²) in [6, 6.07) is 10.2. The number of carbonyl (C=O) groups is 1. The number of H-pyrrole nitrogens is 1. The summed E-state index contributed by atoms with van der Waals surface area (Å²) in [7, 11) is 1.52. The molecule has 1 amide bonds. The molecule has 0 saturated carbocycles. The number of carbonyl (C=O) groups excluding carboxylic acids is 1. The second-order valence-corrected chi connectivity index (χ2v) is 8.33. The molecule has 1 aliphatic rings. The number of benzene rings is 2. The molecule has 3 aromatic rings. The van der Waals surface area contributed by atoms with E-state index < -0.39 is 0 Å². The molecule has 1 fully saturated rings. The Morgan fingerprint density at radius 3 is 2.40 bits per heavy atom. The van der Waals surface area contributed by atoms with Gasteiger partial charge in [0.15, 0.2) is 0 Å². The van der Waals surface area contributed by atoms with Gasteiger partial charge in [0.1, 0.15) is 18.2 Å². The van der Waals surface area contributed by atoms with Crippen molar-refractivity contribution in [1.82, 2.24) is 19.8 Å². The van der Waals surface area contributed by atoms with Crippen molar-refractivity contribution in [1.29, 1.82) is 0 Å². The number of amides is 1. The number of ether oxygens (including phenoxy) is 2. The summed E-state index contributed by atoms with van der Waals surface area (Å²) in [5, 5.41) is 0.414. The maximum atomic E-state index is 12.7. The normalized spacial score (nSPS) is 13.7. The molecule has 0 atom stereocenters. The first kappa shape index (κ1) is 28.9. The molecule has 2 aromatic carbocycles. The first-order valence-corrected chi connectivity index (χ1v) is 11.1. The molecule has 9 heteroatoms. The van der Waals surface area contributed by atoms with Gasteiger partial charge in [-0.1, -0.05) is 0 Å². The number of hydrogen-bond donors (Lipinski definition) is 1. The van der Waals surface area contributed by atoms with Crippen molar-refractivity contribution in [3.05, 3.63) is 59.2 Å². The SMILES string of the molecule is COc1c[c-]cc2nc(-c3cc(C)c(OCCN4CCN(C(C)=O)CC4)c(C)c3)[nH]c(=O)c12.[CH3-].[U+2]. The van der Waals surface area contributed by atoms with E-state index in [1.54, 1.807) is 19.1 Å². The van der Waals surface area contributed by atoms with Gasteiger partial charge in [-0.2, -0.15) is 12.1 Å². The molecular formula is C26H32N4O4U. The predicted molar refractivity (Wildman–Crippen MR) is 133 cm³/mol. The van der Waals surface area contributed by atoms with Crippen molar-refractivity contribution in [2.24, 2.45) is 0 Å². The molecule has 1 N–H and O–H groups in total. The van der Waals surface area contributed by atoms with Gasteiger partial charge in [-0.25, -0.2) is 0 Å². The van der Waals surface area contributed by atoms with E-state index in [1.165, 1.54) is 7.11 Å². The molecule has 0 aliphatic carbocycles. The summed E-state index contributed by atoms with van der Waals surface area (Å²) < 4.78 is 11.4. The van der Waals surface area contributed by atoms with Crippen molar-refractivity contribution in [3.63, 3.8) is 0 Å². The zero-order valence-corrected chi connectivity index (χ0v) is 25.2. The third-order valence-corrected chi connectivity index (χ3v) is 6.05. The zero-order valence-electron chi connectivity index (χ0n) is 21.0. The van der Waals surface area contributed by atoms with Crippen LogP contribution in [-0.4, -0.2) is 72.1 Å². The van der Waals surface area contributed by atoms with Gasteiger partial charge in [-0.3, -0.25) is 19.5 Å². The van der Waals surface area contributed by atoms with Gasteiger partial charge >= 0.3 is 31.1 Å². The van der Waals surface area contributed by atoms with Crippen LogP contribution in [-0.2, 0) is 4.79 Å². The van der Waals surface area contributed by atoms with Gasteiger partial charge in [0.25, 0.3) is 0 Å². The molecule has 0 radical (unpaired) electrons. The van der Waals surface area contributed by atoms with Crippen LogP contribution in [0.5, 0.6) is 11.5 Å². The third kappa shape index (κ3) is 6.46. The molecule has 2 heterocycles. The molecule has 0 bridgehead atoms. The number of aromatic amines is 1. The number of aryl methyl sites for hydroxylation is 2. The Balaban J connectivity index is 0.00000216. The van der Waals surface area contributed by atoms with E-state index in [-0.39, 0.29) is 50.0 Å². The fraction of sp³-hybridized carbons (Fsp3) is 0.385. The maximum Gasteiger partial charge on any atom is 2.00 e. The molecule has 35 heavy (non-hydrogen) atoms. The Morgan fingerprint density at radius 1 is 1.14 bits per heavy atom. The molecule has 4 rings (SSSR count). The summed E-state index contributed by atoms with van der Waals surface area (Å²) in [5.74, 6) is 1.93. The summed E-state index contributed by atoms with van der Waals surface area (Å²) in [6.45, 7) is 10.2. The van der Waals surface area contributed by atoms with Gasteiger partial charge in [0, 0.05) is 51.0 Å². The molecular weight excluding hydrogens is 670 g/mol. The van der Waals surface area contributed by atoms with Crippen molar-refractivity contribution < 1.29 is 45.4 Å². The Kier molecular flexibility index (Phi) is 10.4. The van der Waals surface area contributed by atoms with Crippen LogP contribution in [0.15, 0.2) is 29.1 Å². The third-order valence-electron chi connectivity index (χ3n) is 6.05. The van der Waals surface area contributed by atoms with Gasteiger partial charge in [-0.15, -0.1) is 6.07 Å². The van der Waals surface area contributed by atoms with Crippen LogP contribution in [0, 0.1) is 58.5 Å². The minimum atomic E-state index is -0.249. The minimum Gasteiger partial charge on any atom is -0.553 e. The van der Waals surface area contributed by atoms with Crippen molar-refractivity contribution in [3.8, 4) is 22.9 Å². The first-order valence-electron chi connectivity index (χ1n) is 11.1. The van der Waals surface area contributed by atoms with Gasteiger partial charge in [0.2, 0.25) is 11.5 Å². The Morgan fingerprint density at radius 2 is 1.80 bits per heavy atom. The minimum absolute atomic E-state index is 0. The number of nitrogens with one attached hydrogen (secondary N) is 1. The number of fused-ring (bicyclic) bond motifs is 1. The first-order chi connectivity index (χ1) is 15.9.